The third kappa shape index (κ3) is 5.86. The van der Waals surface area contributed by atoms with Crippen LogP contribution in [0.4, 0.5) is 5.00 Å². The molecule has 0 radical (unpaired) electrons. The van der Waals surface area contributed by atoms with Crippen molar-refractivity contribution in [2.45, 2.75) is 47.1 Å². The molecule has 0 saturated heterocycles. The molecule has 0 fully saturated rings. The maximum atomic E-state index is 12.8. The number of nitrogens with two attached hydrogens (primary N) is 1. The normalized spacial score (nSPS) is 10.9. The smallest absolute Gasteiger partial charge is 0.341 e. The second-order valence-corrected chi connectivity index (χ2v) is 9.58. The molecular weight excluding hydrogens is 492 g/mol. The molecule has 8 nitrogen and oxygen atoms in total. The van der Waals surface area contributed by atoms with Crippen LogP contribution in [0.15, 0.2) is 28.7 Å². The van der Waals surface area contributed by atoms with Crippen molar-refractivity contribution in [3.8, 4) is 5.75 Å². The lowest BCUT2D eigenvalue weighted by atomic mass is 10.0. The average molecular weight is 519 g/mol. The predicted molar refractivity (Wildman–Crippen MR) is 135 cm³/mol. The minimum absolute atomic E-state index is 0.0152. The standard InChI is InChI=1S/C25H27ClN2O6S/c1-6-32-25(31)20-14(5)21(22(27)29)35-24(20)28-23(30)18-8-7-15(34-18)11-33-19-9-13(4)17(26)10-16(19)12(2)3/h7-10,12H,6,11H2,1-5H3,(H2,27,29)(H,28,30). The van der Waals surface area contributed by atoms with Crippen molar-refractivity contribution >= 4 is 45.7 Å². The minimum Gasteiger partial charge on any atom is -0.485 e. The number of nitrogens with one attached hydrogen (secondary N) is 1. The highest BCUT2D eigenvalue weighted by Crippen LogP contribution is 2.35. The van der Waals surface area contributed by atoms with Gasteiger partial charge in [0.2, 0.25) is 0 Å². The van der Waals surface area contributed by atoms with E-state index in [-0.39, 0.29) is 40.3 Å². The van der Waals surface area contributed by atoms with Crippen molar-refractivity contribution < 1.29 is 28.3 Å². The van der Waals surface area contributed by atoms with Crippen LogP contribution >= 0.6 is 22.9 Å². The number of anilines is 1. The van der Waals surface area contributed by atoms with Gasteiger partial charge in [0.15, 0.2) is 5.76 Å². The van der Waals surface area contributed by atoms with Crippen molar-refractivity contribution in [1.82, 2.24) is 0 Å². The largest absolute Gasteiger partial charge is 0.485 e. The van der Waals surface area contributed by atoms with Crippen LogP contribution in [0.25, 0.3) is 0 Å². The molecule has 1 aromatic carbocycles. The summed E-state index contributed by atoms with van der Waals surface area (Å²) in [6.07, 6.45) is 0. The molecule has 2 heterocycles. The number of furan rings is 1. The average Bonchev–Trinajstić information content (AvgIpc) is 3.39. The molecule has 0 unspecified atom stereocenters. The van der Waals surface area contributed by atoms with E-state index < -0.39 is 17.8 Å². The first-order valence-corrected chi connectivity index (χ1v) is 12.2. The van der Waals surface area contributed by atoms with Crippen LogP contribution in [-0.4, -0.2) is 24.4 Å². The lowest BCUT2D eigenvalue weighted by molar-refractivity contribution is 0.0527. The van der Waals surface area contributed by atoms with Crippen molar-refractivity contribution in [1.29, 1.82) is 0 Å². The highest BCUT2D eigenvalue weighted by Gasteiger charge is 2.26. The topological polar surface area (TPSA) is 121 Å². The highest BCUT2D eigenvalue weighted by atomic mass is 35.5. The zero-order valence-electron chi connectivity index (χ0n) is 20.1. The lowest BCUT2D eigenvalue weighted by Gasteiger charge is -2.15. The Morgan fingerprint density at radius 2 is 1.91 bits per heavy atom. The zero-order chi connectivity index (χ0) is 25.9. The molecule has 3 aromatic rings. The Morgan fingerprint density at radius 1 is 1.20 bits per heavy atom. The van der Waals surface area contributed by atoms with E-state index in [1.165, 1.54) is 6.07 Å². The van der Waals surface area contributed by atoms with Gasteiger partial charge in [-0.1, -0.05) is 25.4 Å². The van der Waals surface area contributed by atoms with E-state index in [0.717, 1.165) is 22.5 Å². The van der Waals surface area contributed by atoms with Crippen LogP contribution in [0.1, 0.15) is 79.7 Å². The molecular formula is C25H27ClN2O6S. The molecule has 35 heavy (non-hydrogen) atoms. The third-order valence-electron chi connectivity index (χ3n) is 5.25. The molecule has 0 saturated carbocycles. The second-order valence-electron chi connectivity index (χ2n) is 8.15. The maximum Gasteiger partial charge on any atom is 0.341 e. The van der Waals surface area contributed by atoms with Gasteiger partial charge in [-0.25, -0.2) is 4.79 Å². The fourth-order valence-electron chi connectivity index (χ4n) is 3.42. The molecule has 186 valence electrons. The van der Waals surface area contributed by atoms with Crippen molar-refractivity contribution in [2.75, 3.05) is 11.9 Å². The van der Waals surface area contributed by atoms with Crippen LogP contribution in [0.5, 0.6) is 5.75 Å². The summed E-state index contributed by atoms with van der Waals surface area (Å²) < 4.78 is 16.7. The number of ether oxygens (including phenoxy) is 2. The van der Waals surface area contributed by atoms with Gasteiger partial charge in [-0.05, 0) is 67.6 Å². The van der Waals surface area contributed by atoms with Gasteiger partial charge < -0.3 is 24.9 Å². The highest BCUT2D eigenvalue weighted by molar-refractivity contribution is 7.18. The minimum atomic E-state index is -0.700. The first-order valence-electron chi connectivity index (χ1n) is 11.0. The quantitative estimate of drug-likeness (QED) is 0.343. The molecule has 3 rings (SSSR count). The van der Waals surface area contributed by atoms with Gasteiger partial charge in [0.1, 0.15) is 23.1 Å². The first-order chi connectivity index (χ1) is 16.5. The first kappa shape index (κ1) is 26.3. The number of aryl methyl sites for hydroxylation is 1. The fourth-order valence-corrected chi connectivity index (χ4v) is 4.64. The summed E-state index contributed by atoms with van der Waals surface area (Å²) in [5, 5.41) is 3.46. The van der Waals surface area contributed by atoms with Gasteiger partial charge in [-0.3, -0.25) is 9.59 Å². The van der Waals surface area contributed by atoms with Crippen molar-refractivity contribution in [2.24, 2.45) is 5.73 Å². The van der Waals surface area contributed by atoms with Crippen LogP contribution in [-0.2, 0) is 11.3 Å². The number of thiophene rings is 1. The molecule has 3 N–H and O–H groups in total. The van der Waals surface area contributed by atoms with E-state index in [2.05, 4.69) is 5.32 Å². The van der Waals surface area contributed by atoms with E-state index in [1.807, 2.05) is 32.9 Å². The van der Waals surface area contributed by atoms with Crippen molar-refractivity contribution in [3.05, 3.63) is 67.9 Å². The Kier molecular flexibility index (Phi) is 8.24. The summed E-state index contributed by atoms with van der Waals surface area (Å²) in [4.78, 5) is 37.2. The summed E-state index contributed by atoms with van der Waals surface area (Å²) in [5.74, 6) is -0.606. The summed E-state index contributed by atoms with van der Waals surface area (Å²) >= 11 is 7.16. The third-order valence-corrected chi connectivity index (χ3v) is 6.87. The van der Waals surface area contributed by atoms with Crippen LogP contribution < -0.4 is 15.8 Å². The van der Waals surface area contributed by atoms with E-state index in [4.69, 9.17) is 31.2 Å². The van der Waals surface area contributed by atoms with Gasteiger partial charge in [-0.15, -0.1) is 11.3 Å². The van der Waals surface area contributed by atoms with Gasteiger partial charge in [0, 0.05) is 5.02 Å². The SMILES string of the molecule is CCOC(=O)c1c(NC(=O)c2ccc(COc3cc(C)c(Cl)cc3C(C)C)o2)sc(C(N)=O)c1C. The van der Waals surface area contributed by atoms with Gasteiger partial charge in [0.25, 0.3) is 11.8 Å². The van der Waals surface area contributed by atoms with Gasteiger partial charge in [-0.2, -0.15) is 0 Å². The molecule has 0 bridgehead atoms. The number of hydrogen-bond donors (Lipinski definition) is 2. The Hall–Kier alpha value is -3.30. The lowest BCUT2D eigenvalue weighted by Crippen LogP contribution is -2.14. The number of halogens is 1. The fraction of sp³-hybridized carbons (Fsp3) is 0.320. The van der Waals surface area contributed by atoms with E-state index in [1.54, 1.807) is 19.9 Å². The molecule has 2 amide bonds. The zero-order valence-corrected chi connectivity index (χ0v) is 21.7. The molecule has 0 aliphatic heterocycles. The molecule has 0 atom stereocenters. The van der Waals surface area contributed by atoms with E-state index in [0.29, 0.717) is 22.1 Å². The Balaban J connectivity index is 1.78. The molecule has 2 aromatic heterocycles. The van der Waals surface area contributed by atoms with Gasteiger partial charge in [0.05, 0.1) is 17.0 Å². The number of carbonyl (C=O) groups excluding carboxylic acids is 3. The number of primary amides is 1. The molecule has 10 heteroatoms. The summed E-state index contributed by atoms with van der Waals surface area (Å²) in [6, 6.07) is 6.90. The Morgan fingerprint density at radius 3 is 2.54 bits per heavy atom. The number of esters is 1. The summed E-state index contributed by atoms with van der Waals surface area (Å²) in [7, 11) is 0. The van der Waals surface area contributed by atoms with Crippen LogP contribution in [0, 0.1) is 13.8 Å². The second kappa shape index (κ2) is 11.0. The number of carbonyl (C=O) groups is 3. The monoisotopic (exact) mass is 518 g/mol. The van der Waals surface area contributed by atoms with Crippen LogP contribution in [0.3, 0.4) is 0 Å². The van der Waals surface area contributed by atoms with Crippen molar-refractivity contribution in [3.63, 3.8) is 0 Å². The summed E-state index contributed by atoms with van der Waals surface area (Å²) in [6.45, 7) is 9.47. The Labute approximate surface area is 212 Å². The van der Waals surface area contributed by atoms with Crippen LogP contribution in [0.2, 0.25) is 5.02 Å². The van der Waals surface area contributed by atoms with Gasteiger partial charge >= 0.3 is 5.97 Å². The summed E-state index contributed by atoms with van der Waals surface area (Å²) in [5.41, 5.74) is 7.71. The Bertz CT molecular complexity index is 1280. The molecule has 0 spiro atoms. The number of hydrogen-bond acceptors (Lipinski definition) is 7. The molecule has 0 aliphatic rings. The maximum absolute atomic E-state index is 12.8. The number of benzene rings is 1. The predicted octanol–water partition coefficient (Wildman–Crippen LogP) is 5.84. The molecule has 0 aliphatic carbocycles. The van der Waals surface area contributed by atoms with E-state index in [9.17, 15) is 14.4 Å². The number of rotatable bonds is 9. The number of amides is 2. The van der Waals surface area contributed by atoms with E-state index >= 15 is 0 Å².